The highest BCUT2D eigenvalue weighted by atomic mass is 16.4. The van der Waals surface area contributed by atoms with Crippen LogP contribution in [-0.4, -0.2) is 27.6 Å². The number of hydrogen-bond donors (Lipinski definition) is 2. The zero-order valence-electron chi connectivity index (χ0n) is 12.7. The Bertz CT molecular complexity index is 439. The number of aromatic nitrogens is 2. The van der Waals surface area contributed by atoms with E-state index >= 15 is 0 Å². The van der Waals surface area contributed by atoms with Crippen LogP contribution in [0.25, 0.3) is 0 Å². The van der Waals surface area contributed by atoms with Gasteiger partial charge < -0.3 is 10.4 Å². The van der Waals surface area contributed by atoms with E-state index in [1.165, 1.54) is 0 Å². The van der Waals surface area contributed by atoms with E-state index in [0.29, 0.717) is 12.5 Å². The van der Waals surface area contributed by atoms with Crippen molar-refractivity contribution in [1.82, 2.24) is 15.3 Å². The summed E-state index contributed by atoms with van der Waals surface area (Å²) in [5.74, 6) is 0.761. The topological polar surface area (TPSA) is 75.1 Å². The SMILES string of the molecule is CCc1cnc(CNCC[C@H]2CC[C@H](C(=O)O)CC2)nc1. The Morgan fingerprint density at radius 2 is 1.95 bits per heavy atom. The molecule has 1 fully saturated rings. The van der Waals surface area contributed by atoms with E-state index in [1.807, 2.05) is 12.4 Å². The molecule has 0 aromatic carbocycles. The lowest BCUT2D eigenvalue weighted by Gasteiger charge is -2.26. The quantitative estimate of drug-likeness (QED) is 0.755. The molecule has 0 unspecified atom stereocenters. The van der Waals surface area contributed by atoms with Crippen molar-refractivity contribution in [3.05, 3.63) is 23.8 Å². The molecule has 2 rings (SSSR count). The van der Waals surface area contributed by atoms with Crippen molar-refractivity contribution >= 4 is 5.97 Å². The number of hydrogen-bond acceptors (Lipinski definition) is 4. The standard InChI is InChI=1S/C16H25N3O2/c1-2-12-9-18-15(19-10-12)11-17-8-7-13-3-5-14(6-4-13)16(20)21/h9-10,13-14,17H,2-8,11H2,1H3,(H,20,21)/t13-,14-. The zero-order chi connectivity index (χ0) is 15.1. The number of carboxylic acid groups (broad SMARTS) is 1. The van der Waals surface area contributed by atoms with Crippen LogP contribution in [0.15, 0.2) is 12.4 Å². The molecule has 21 heavy (non-hydrogen) atoms. The number of aliphatic carboxylic acids is 1. The van der Waals surface area contributed by atoms with Gasteiger partial charge in [0.15, 0.2) is 0 Å². The Kier molecular flexibility index (Phi) is 6.11. The molecule has 0 bridgehead atoms. The van der Waals surface area contributed by atoms with Crippen molar-refractivity contribution in [2.45, 2.75) is 52.0 Å². The van der Waals surface area contributed by atoms with E-state index in [9.17, 15) is 4.79 Å². The monoisotopic (exact) mass is 291 g/mol. The van der Waals surface area contributed by atoms with Gasteiger partial charge in [-0.1, -0.05) is 6.92 Å². The second-order valence-electron chi connectivity index (χ2n) is 5.88. The summed E-state index contributed by atoms with van der Waals surface area (Å²) < 4.78 is 0. The zero-order valence-corrected chi connectivity index (χ0v) is 12.7. The van der Waals surface area contributed by atoms with Crippen molar-refractivity contribution in [3.8, 4) is 0 Å². The maximum absolute atomic E-state index is 10.9. The van der Waals surface area contributed by atoms with Crippen LogP contribution in [0.1, 0.15) is 50.4 Å². The predicted octanol–water partition coefficient (Wildman–Crippen LogP) is 2.41. The van der Waals surface area contributed by atoms with Gasteiger partial charge in [0.25, 0.3) is 0 Å². The number of carbonyl (C=O) groups is 1. The van der Waals surface area contributed by atoms with E-state index in [4.69, 9.17) is 5.11 Å². The van der Waals surface area contributed by atoms with E-state index in [1.54, 1.807) is 0 Å². The maximum atomic E-state index is 10.9. The second kappa shape index (κ2) is 8.08. The van der Waals surface area contributed by atoms with E-state index in [2.05, 4.69) is 22.2 Å². The molecule has 1 saturated carbocycles. The molecule has 116 valence electrons. The number of aryl methyl sites for hydroxylation is 1. The van der Waals surface area contributed by atoms with Gasteiger partial charge in [0.2, 0.25) is 0 Å². The van der Waals surface area contributed by atoms with Gasteiger partial charge in [0.1, 0.15) is 5.82 Å². The van der Waals surface area contributed by atoms with Gasteiger partial charge in [-0.2, -0.15) is 0 Å². The first-order valence-corrected chi connectivity index (χ1v) is 7.92. The first-order valence-electron chi connectivity index (χ1n) is 7.92. The molecule has 0 spiro atoms. The summed E-state index contributed by atoms with van der Waals surface area (Å²) >= 11 is 0. The molecule has 5 heteroatoms. The third kappa shape index (κ3) is 5.08. The average Bonchev–Trinajstić information content (AvgIpc) is 2.52. The minimum absolute atomic E-state index is 0.111. The van der Waals surface area contributed by atoms with Crippen LogP contribution in [0, 0.1) is 11.8 Å². The Labute approximate surface area is 126 Å². The van der Waals surface area contributed by atoms with Gasteiger partial charge in [-0.25, -0.2) is 9.97 Å². The van der Waals surface area contributed by atoms with Crippen molar-refractivity contribution in [1.29, 1.82) is 0 Å². The highest BCUT2D eigenvalue weighted by Gasteiger charge is 2.25. The number of nitrogens with zero attached hydrogens (tertiary/aromatic N) is 2. The number of carboxylic acids is 1. The normalized spacial score (nSPS) is 22.1. The van der Waals surface area contributed by atoms with Crippen LogP contribution in [0.4, 0.5) is 0 Å². The molecule has 1 aromatic rings. The van der Waals surface area contributed by atoms with E-state index < -0.39 is 5.97 Å². The van der Waals surface area contributed by atoms with Crippen molar-refractivity contribution in [2.75, 3.05) is 6.54 Å². The molecule has 0 radical (unpaired) electrons. The lowest BCUT2D eigenvalue weighted by atomic mass is 9.80. The molecule has 1 heterocycles. The number of rotatable bonds is 7. The third-order valence-electron chi connectivity index (χ3n) is 4.38. The van der Waals surface area contributed by atoms with Gasteiger partial charge >= 0.3 is 5.97 Å². The summed E-state index contributed by atoms with van der Waals surface area (Å²) in [7, 11) is 0. The minimum atomic E-state index is -0.626. The fraction of sp³-hybridized carbons (Fsp3) is 0.688. The highest BCUT2D eigenvalue weighted by Crippen LogP contribution is 2.30. The minimum Gasteiger partial charge on any atom is -0.481 e. The van der Waals surface area contributed by atoms with E-state index in [-0.39, 0.29) is 5.92 Å². The fourth-order valence-corrected chi connectivity index (χ4v) is 2.86. The molecule has 0 amide bonds. The molecule has 1 aliphatic rings. The van der Waals surface area contributed by atoms with Crippen molar-refractivity contribution in [2.24, 2.45) is 11.8 Å². The summed E-state index contributed by atoms with van der Waals surface area (Å²) in [6.45, 7) is 3.74. The summed E-state index contributed by atoms with van der Waals surface area (Å²) in [5, 5.41) is 12.4. The van der Waals surface area contributed by atoms with Gasteiger partial charge in [0.05, 0.1) is 12.5 Å². The Morgan fingerprint density at radius 3 is 2.52 bits per heavy atom. The van der Waals surface area contributed by atoms with Crippen LogP contribution in [0.2, 0.25) is 0 Å². The molecule has 2 N–H and O–H groups in total. The Balaban J connectivity index is 1.60. The maximum Gasteiger partial charge on any atom is 0.306 e. The summed E-state index contributed by atoms with van der Waals surface area (Å²) in [6, 6.07) is 0. The molecule has 0 aliphatic heterocycles. The Hall–Kier alpha value is -1.49. The first kappa shape index (κ1) is 15.9. The summed E-state index contributed by atoms with van der Waals surface area (Å²) in [4.78, 5) is 19.5. The van der Waals surface area contributed by atoms with E-state index in [0.717, 1.165) is 56.5 Å². The third-order valence-corrected chi connectivity index (χ3v) is 4.38. The van der Waals surface area contributed by atoms with Crippen molar-refractivity contribution in [3.63, 3.8) is 0 Å². The van der Waals surface area contributed by atoms with Gasteiger partial charge in [-0.15, -0.1) is 0 Å². The van der Waals surface area contributed by atoms with Crippen LogP contribution >= 0.6 is 0 Å². The molecular weight excluding hydrogens is 266 g/mol. The first-order chi connectivity index (χ1) is 10.2. The van der Waals surface area contributed by atoms with Crippen LogP contribution in [0.5, 0.6) is 0 Å². The molecule has 1 aromatic heterocycles. The van der Waals surface area contributed by atoms with Crippen molar-refractivity contribution < 1.29 is 9.90 Å². The molecule has 1 aliphatic carbocycles. The smallest absolute Gasteiger partial charge is 0.306 e. The van der Waals surface area contributed by atoms with Crippen LogP contribution < -0.4 is 5.32 Å². The van der Waals surface area contributed by atoms with Crippen LogP contribution in [0.3, 0.4) is 0 Å². The van der Waals surface area contributed by atoms with Gasteiger partial charge in [0, 0.05) is 12.4 Å². The summed E-state index contributed by atoms with van der Waals surface area (Å²) in [6.07, 6.45) is 9.60. The second-order valence-corrected chi connectivity index (χ2v) is 5.88. The lowest BCUT2D eigenvalue weighted by molar-refractivity contribution is -0.143. The molecular formula is C16H25N3O2. The number of nitrogens with one attached hydrogen (secondary N) is 1. The average molecular weight is 291 g/mol. The summed E-state index contributed by atoms with van der Waals surface area (Å²) in [5.41, 5.74) is 1.16. The van der Waals surface area contributed by atoms with Crippen LogP contribution in [-0.2, 0) is 17.8 Å². The molecule has 5 nitrogen and oxygen atoms in total. The Morgan fingerprint density at radius 1 is 1.29 bits per heavy atom. The lowest BCUT2D eigenvalue weighted by Crippen LogP contribution is -2.24. The largest absolute Gasteiger partial charge is 0.481 e. The fourth-order valence-electron chi connectivity index (χ4n) is 2.86. The highest BCUT2D eigenvalue weighted by molar-refractivity contribution is 5.69. The van der Waals surface area contributed by atoms with Gasteiger partial charge in [-0.05, 0) is 56.6 Å². The molecule has 0 atom stereocenters. The molecule has 0 saturated heterocycles. The van der Waals surface area contributed by atoms with Gasteiger partial charge in [-0.3, -0.25) is 4.79 Å². The predicted molar refractivity (Wildman–Crippen MR) is 80.8 cm³/mol.